The van der Waals surface area contributed by atoms with Crippen LogP contribution in [-0.4, -0.2) is 17.7 Å². The van der Waals surface area contributed by atoms with Gasteiger partial charge in [-0.1, -0.05) is 95.5 Å². The lowest BCUT2D eigenvalue weighted by atomic mass is 9.98. The summed E-state index contributed by atoms with van der Waals surface area (Å²) in [6.45, 7) is 4.38. The SMILES string of the molecule is CCCCCCCC(=O)N[C@@H](Cc1ccccc1)C(=O)CCCCCCC. The molecule has 0 aromatic heterocycles. The number of benzene rings is 1. The molecule has 0 bridgehead atoms. The van der Waals surface area contributed by atoms with Crippen molar-refractivity contribution in [2.24, 2.45) is 0 Å². The van der Waals surface area contributed by atoms with Gasteiger partial charge in [0.05, 0.1) is 6.04 Å². The number of hydrogen-bond donors (Lipinski definition) is 1. The zero-order chi connectivity index (χ0) is 19.7. The van der Waals surface area contributed by atoms with Gasteiger partial charge in [0.25, 0.3) is 0 Å². The van der Waals surface area contributed by atoms with E-state index in [4.69, 9.17) is 0 Å². The number of rotatable bonds is 16. The molecule has 0 aliphatic carbocycles. The largest absolute Gasteiger partial charge is 0.346 e. The first kappa shape index (κ1) is 23.4. The first-order chi connectivity index (χ1) is 13.2. The highest BCUT2D eigenvalue weighted by atomic mass is 16.2. The first-order valence-corrected chi connectivity index (χ1v) is 11.0. The van der Waals surface area contributed by atoms with E-state index in [1.807, 2.05) is 30.3 Å². The standard InChI is InChI=1S/C24H39NO2/c1-3-5-7-9-14-18-23(26)22(20-21-16-12-11-13-17-21)25-24(27)19-15-10-8-6-4-2/h11-13,16-17,22H,3-10,14-15,18-20H2,1-2H3,(H,25,27)/t22-/m0/s1. The highest BCUT2D eigenvalue weighted by Crippen LogP contribution is 2.11. The first-order valence-electron chi connectivity index (χ1n) is 11.0. The van der Waals surface area contributed by atoms with E-state index in [1.54, 1.807) is 0 Å². The van der Waals surface area contributed by atoms with E-state index in [0.29, 0.717) is 19.3 Å². The second kappa shape index (κ2) is 15.4. The van der Waals surface area contributed by atoms with Gasteiger partial charge in [-0.25, -0.2) is 0 Å². The summed E-state index contributed by atoms with van der Waals surface area (Å²) < 4.78 is 0. The van der Waals surface area contributed by atoms with Gasteiger partial charge in [0.1, 0.15) is 0 Å². The predicted octanol–water partition coefficient (Wildman–Crippen LogP) is 6.00. The van der Waals surface area contributed by atoms with Crippen LogP contribution in [0.25, 0.3) is 0 Å². The molecule has 1 N–H and O–H groups in total. The molecule has 0 aliphatic rings. The highest BCUT2D eigenvalue weighted by molar-refractivity contribution is 5.89. The summed E-state index contributed by atoms with van der Waals surface area (Å²) in [6.07, 6.45) is 13.0. The summed E-state index contributed by atoms with van der Waals surface area (Å²) in [5.41, 5.74) is 1.10. The Morgan fingerprint density at radius 1 is 0.778 bits per heavy atom. The van der Waals surface area contributed by atoms with E-state index < -0.39 is 0 Å². The Morgan fingerprint density at radius 2 is 1.33 bits per heavy atom. The average molecular weight is 374 g/mol. The Labute approximate surface area is 166 Å². The van der Waals surface area contributed by atoms with Crippen molar-refractivity contribution in [2.75, 3.05) is 0 Å². The van der Waals surface area contributed by atoms with E-state index in [1.165, 1.54) is 38.5 Å². The number of carbonyl (C=O) groups is 2. The van der Waals surface area contributed by atoms with Gasteiger partial charge in [-0.05, 0) is 24.8 Å². The number of nitrogens with one attached hydrogen (secondary N) is 1. The molecule has 1 rings (SSSR count). The molecule has 0 fully saturated rings. The van der Waals surface area contributed by atoms with Gasteiger partial charge in [0.2, 0.25) is 5.91 Å². The number of unbranched alkanes of at least 4 members (excludes halogenated alkanes) is 8. The van der Waals surface area contributed by atoms with Crippen LogP contribution in [-0.2, 0) is 16.0 Å². The maximum atomic E-state index is 12.7. The van der Waals surface area contributed by atoms with Crippen LogP contribution in [0.4, 0.5) is 0 Å². The fraction of sp³-hybridized carbons (Fsp3) is 0.667. The maximum Gasteiger partial charge on any atom is 0.220 e. The lowest BCUT2D eigenvalue weighted by molar-refractivity contribution is -0.128. The van der Waals surface area contributed by atoms with Crippen molar-refractivity contribution in [3.8, 4) is 0 Å². The zero-order valence-electron chi connectivity index (χ0n) is 17.5. The summed E-state index contributed by atoms with van der Waals surface area (Å²) in [5, 5.41) is 3.02. The Morgan fingerprint density at radius 3 is 1.93 bits per heavy atom. The Bertz CT molecular complexity index is 512. The molecule has 0 saturated heterocycles. The van der Waals surface area contributed by atoms with Crippen LogP contribution in [0.15, 0.2) is 30.3 Å². The number of hydrogen-bond acceptors (Lipinski definition) is 2. The van der Waals surface area contributed by atoms with Crippen molar-refractivity contribution in [2.45, 2.75) is 103 Å². The lowest BCUT2D eigenvalue weighted by Crippen LogP contribution is -2.42. The van der Waals surface area contributed by atoms with Crippen LogP contribution in [0.5, 0.6) is 0 Å². The van der Waals surface area contributed by atoms with E-state index in [-0.39, 0.29) is 17.7 Å². The molecule has 1 aromatic carbocycles. The molecule has 3 heteroatoms. The average Bonchev–Trinajstić information content (AvgIpc) is 2.68. The number of ketones is 1. The summed E-state index contributed by atoms with van der Waals surface area (Å²) >= 11 is 0. The van der Waals surface area contributed by atoms with Crippen molar-refractivity contribution >= 4 is 11.7 Å². The van der Waals surface area contributed by atoms with Gasteiger partial charge in [0, 0.05) is 12.8 Å². The second-order valence-electron chi connectivity index (χ2n) is 7.60. The highest BCUT2D eigenvalue weighted by Gasteiger charge is 2.20. The summed E-state index contributed by atoms with van der Waals surface area (Å²) in [5.74, 6) is 0.196. The topological polar surface area (TPSA) is 46.2 Å². The van der Waals surface area contributed by atoms with Gasteiger partial charge in [0.15, 0.2) is 5.78 Å². The molecule has 1 aromatic rings. The number of Topliss-reactive ketones (excluding diaryl/α,β-unsaturated/α-hetero) is 1. The minimum Gasteiger partial charge on any atom is -0.346 e. The zero-order valence-corrected chi connectivity index (χ0v) is 17.5. The smallest absolute Gasteiger partial charge is 0.220 e. The minimum atomic E-state index is -0.387. The van der Waals surface area contributed by atoms with Crippen molar-refractivity contribution in [1.82, 2.24) is 5.32 Å². The number of carbonyl (C=O) groups excluding carboxylic acids is 2. The molecule has 0 spiro atoms. The van der Waals surface area contributed by atoms with Crippen LogP contribution in [0, 0.1) is 0 Å². The normalized spacial score (nSPS) is 11.9. The fourth-order valence-electron chi connectivity index (χ4n) is 3.33. The third kappa shape index (κ3) is 11.6. The van der Waals surface area contributed by atoms with Gasteiger partial charge in [-0.2, -0.15) is 0 Å². The number of amides is 1. The summed E-state index contributed by atoms with van der Waals surface area (Å²) in [4.78, 5) is 25.0. The fourth-order valence-corrected chi connectivity index (χ4v) is 3.33. The quantitative estimate of drug-likeness (QED) is 0.361. The molecule has 0 radical (unpaired) electrons. The van der Waals surface area contributed by atoms with E-state index in [2.05, 4.69) is 19.2 Å². The predicted molar refractivity (Wildman–Crippen MR) is 114 cm³/mol. The van der Waals surface area contributed by atoms with Crippen LogP contribution < -0.4 is 5.32 Å². The monoisotopic (exact) mass is 373 g/mol. The molecular weight excluding hydrogens is 334 g/mol. The second-order valence-corrected chi connectivity index (χ2v) is 7.60. The van der Waals surface area contributed by atoms with Crippen LogP contribution in [0.1, 0.15) is 96.5 Å². The van der Waals surface area contributed by atoms with Gasteiger partial charge in [-0.3, -0.25) is 9.59 Å². The Balaban J connectivity index is 2.49. The molecule has 0 saturated carbocycles. The van der Waals surface area contributed by atoms with E-state index in [9.17, 15) is 9.59 Å². The third-order valence-corrected chi connectivity index (χ3v) is 5.04. The van der Waals surface area contributed by atoms with E-state index >= 15 is 0 Å². The molecule has 0 aliphatic heterocycles. The molecule has 27 heavy (non-hydrogen) atoms. The summed E-state index contributed by atoms with van der Waals surface area (Å²) in [6, 6.07) is 9.61. The molecule has 3 nitrogen and oxygen atoms in total. The van der Waals surface area contributed by atoms with Gasteiger partial charge < -0.3 is 5.32 Å². The van der Waals surface area contributed by atoms with Gasteiger partial charge in [-0.15, -0.1) is 0 Å². The molecular formula is C24H39NO2. The molecule has 1 amide bonds. The van der Waals surface area contributed by atoms with Crippen molar-refractivity contribution in [1.29, 1.82) is 0 Å². The molecule has 0 heterocycles. The summed E-state index contributed by atoms with van der Waals surface area (Å²) in [7, 11) is 0. The minimum absolute atomic E-state index is 0.0202. The molecule has 152 valence electrons. The van der Waals surface area contributed by atoms with Crippen molar-refractivity contribution in [3.05, 3.63) is 35.9 Å². The Kier molecular flexibility index (Phi) is 13.4. The van der Waals surface area contributed by atoms with Crippen molar-refractivity contribution < 1.29 is 9.59 Å². The van der Waals surface area contributed by atoms with Crippen LogP contribution in [0.3, 0.4) is 0 Å². The third-order valence-electron chi connectivity index (χ3n) is 5.04. The van der Waals surface area contributed by atoms with Gasteiger partial charge >= 0.3 is 0 Å². The Hall–Kier alpha value is -1.64. The molecule has 0 unspecified atom stereocenters. The lowest BCUT2D eigenvalue weighted by Gasteiger charge is -2.18. The van der Waals surface area contributed by atoms with Crippen LogP contribution >= 0.6 is 0 Å². The van der Waals surface area contributed by atoms with Crippen molar-refractivity contribution in [3.63, 3.8) is 0 Å². The van der Waals surface area contributed by atoms with E-state index in [0.717, 1.165) is 31.2 Å². The van der Waals surface area contributed by atoms with Crippen LogP contribution in [0.2, 0.25) is 0 Å². The molecule has 1 atom stereocenters. The maximum absolute atomic E-state index is 12.7.